The fourth-order valence-corrected chi connectivity index (χ4v) is 2.30. The zero-order chi connectivity index (χ0) is 12.6. The van der Waals surface area contributed by atoms with E-state index < -0.39 is 12.0 Å². The predicted molar refractivity (Wildman–Crippen MR) is 64.6 cm³/mol. The van der Waals surface area contributed by atoms with E-state index in [0.29, 0.717) is 15.6 Å². The number of aromatic amines is 1. The van der Waals surface area contributed by atoms with Crippen LogP contribution >= 0.6 is 27.5 Å². The molecule has 0 aliphatic carbocycles. The molecule has 2 aromatic rings. The first-order chi connectivity index (χ1) is 8.04. The Morgan fingerprint density at radius 1 is 1.47 bits per heavy atom. The smallest absolute Gasteiger partial charge is 0.267 e. The van der Waals surface area contributed by atoms with Crippen molar-refractivity contribution >= 4 is 38.3 Å². The Labute approximate surface area is 108 Å². The lowest BCUT2D eigenvalue weighted by Gasteiger charge is -2.08. The lowest BCUT2D eigenvalue weighted by molar-refractivity contribution is 0.153. The Hall–Kier alpha value is -1.01. The van der Waals surface area contributed by atoms with Crippen LogP contribution in [0.3, 0.4) is 0 Å². The summed E-state index contributed by atoms with van der Waals surface area (Å²) in [5, 5.41) is 6.18. The summed E-state index contributed by atoms with van der Waals surface area (Å²) in [4.78, 5) is 11.6. The summed E-state index contributed by atoms with van der Waals surface area (Å²) < 4.78 is 26.2. The van der Waals surface area contributed by atoms with Crippen molar-refractivity contribution in [3.05, 3.63) is 38.2 Å². The highest BCUT2D eigenvalue weighted by molar-refractivity contribution is 9.10. The fourth-order valence-electron chi connectivity index (χ4n) is 1.62. The SMILES string of the molecule is O=c1[nH]nc(CCl)c2cc(Br)cc(C(F)F)c12. The molecule has 0 saturated carbocycles. The molecule has 90 valence electrons. The molecule has 1 aromatic carbocycles. The standard InChI is InChI=1S/C10H6BrClF2N2O/c11-4-1-5-7(3-12)15-16-10(17)8(5)6(2-4)9(13)14/h1-2,9H,3H2,(H,16,17). The van der Waals surface area contributed by atoms with E-state index in [4.69, 9.17) is 11.6 Å². The summed E-state index contributed by atoms with van der Waals surface area (Å²) >= 11 is 8.78. The van der Waals surface area contributed by atoms with Crippen molar-refractivity contribution in [1.29, 1.82) is 0 Å². The molecule has 2 rings (SSSR count). The van der Waals surface area contributed by atoms with Gasteiger partial charge in [-0.3, -0.25) is 4.79 Å². The Kier molecular flexibility index (Phi) is 3.44. The number of rotatable bonds is 2. The summed E-state index contributed by atoms with van der Waals surface area (Å²) in [7, 11) is 0. The Balaban J connectivity index is 2.97. The molecular weight excluding hydrogens is 317 g/mol. The van der Waals surface area contributed by atoms with E-state index in [1.54, 1.807) is 6.07 Å². The molecular formula is C10H6BrClF2N2O. The van der Waals surface area contributed by atoms with Crippen molar-refractivity contribution in [3.8, 4) is 0 Å². The Morgan fingerprint density at radius 3 is 2.76 bits per heavy atom. The quantitative estimate of drug-likeness (QED) is 0.861. The van der Waals surface area contributed by atoms with Crippen LogP contribution in [0.1, 0.15) is 17.7 Å². The van der Waals surface area contributed by atoms with E-state index >= 15 is 0 Å². The van der Waals surface area contributed by atoms with Crippen molar-refractivity contribution in [2.75, 3.05) is 0 Å². The maximum absolute atomic E-state index is 12.9. The zero-order valence-corrected chi connectivity index (χ0v) is 10.6. The maximum Gasteiger partial charge on any atom is 0.272 e. The van der Waals surface area contributed by atoms with E-state index in [-0.39, 0.29) is 16.8 Å². The number of nitrogens with one attached hydrogen (secondary N) is 1. The number of fused-ring (bicyclic) bond motifs is 1. The van der Waals surface area contributed by atoms with Gasteiger partial charge in [-0.25, -0.2) is 13.9 Å². The molecule has 0 bridgehead atoms. The lowest BCUT2D eigenvalue weighted by Crippen LogP contribution is -2.13. The molecule has 1 aromatic heterocycles. The minimum atomic E-state index is -2.73. The van der Waals surface area contributed by atoms with Crippen molar-refractivity contribution < 1.29 is 8.78 Å². The number of aromatic nitrogens is 2. The fraction of sp³-hybridized carbons (Fsp3) is 0.200. The van der Waals surface area contributed by atoms with E-state index in [0.717, 1.165) is 0 Å². The molecule has 0 atom stereocenters. The maximum atomic E-state index is 12.9. The highest BCUT2D eigenvalue weighted by Crippen LogP contribution is 2.30. The summed E-state index contributed by atoms with van der Waals surface area (Å²) in [6, 6.07) is 2.78. The molecule has 3 nitrogen and oxygen atoms in total. The predicted octanol–water partition coefficient (Wildman–Crippen LogP) is 3.36. The van der Waals surface area contributed by atoms with Crippen molar-refractivity contribution in [3.63, 3.8) is 0 Å². The first-order valence-corrected chi connectivity index (χ1v) is 5.92. The van der Waals surface area contributed by atoms with Crippen LogP contribution in [-0.2, 0) is 5.88 Å². The summed E-state index contributed by atoms with van der Waals surface area (Å²) in [6.45, 7) is 0. The molecule has 0 radical (unpaired) electrons. The monoisotopic (exact) mass is 322 g/mol. The van der Waals surface area contributed by atoms with E-state index in [1.807, 2.05) is 0 Å². The van der Waals surface area contributed by atoms with Crippen LogP contribution in [-0.4, -0.2) is 10.2 Å². The average molecular weight is 324 g/mol. The number of H-pyrrole nitrogens is 1. The first kappa shape index (κ1) is 12.4. The van der Waals surface area contributed by atoms with Gasteiger partial charge in [0.1, 0.15) is 0 Å². The van der Waals surface area contributed by atoms with Gasteiger partial charge in [-0.15, -0.1) is 11.6 Å². The number of nitrogens with zero attached hydrogens (tertiary/aromatic N) is 1. The van der Waals surface area contributed by atoms with Crippen molar-refractivity contribution in [2.45, 2.75) is 12.3 Å². The third-order valence-electron chi connectivity index (χ3n) is 2.33. The number of alkyl halides is 3. The van der Waals surface area contributed by atoms with Gasteiger partial charge in [-0.1, -0.05) is 15.9 Å². The Morgan fingerprint density at radius 2 is 2.18 bits per heavy atom. The average Bonchev–Trinajstić information content (AvgIpc) is 2.28. The molecule has 1 heterocycles. The molecule has 17 heavy (non-hydrogen) atoms. The molecule has 0 saturated heterocycles. The third-order valence-corrected chi connectivity index (χ3v) is 3.04. The molecule has 0 fully saturated rings. The van der Waals surface area contributed by atoms with Gasteiger partial charge in [-0.05, 0) is 12.1 Å². The molecule has 0 aliphatic heterocycles. The molecule has 0 amide bonds. The van der Waals surface area contributed by atoms with Crippen LogP contribution in [0, 0.1) is 0 Å². The van der Waals surface area contributed by atoms with Crippen molar-refractivity contribution in [1.82, 2.24) is 10.2 Å². The van der Waals surface area contributed by atoms with Crippen LogP contribution in [0.25, 0.3) is 10.8 Å². The van der Waals surface area contributed by atoms with Gasteiger partial charge in [0.25, 0.3) is 12.0 Å². The Bertz CT molecular complexity index is 629. The van der Waals surface area contributed by atoms with Crippen LogP contribution in [0.2, 0.25) is 0 Å². The second-order valence-electron chi connectivity index (χ2n) is 3.35. The van der Waals surface area contributed by atoms with E-state index in [9.17, 15) is 13.6 Å². The molecule has 1 N–H and O–H groups in total. The number of hydrogen-bond acceptors (Lipinski definition) is 2. The van der Waals surface area contributed by atoms with Crippen LogP contribution in [0.15, 0.2) is 21.4 Å². The topological polar surface area (TPSA) is 45.8 Å². The first-order valence-electron chi connectivity index (χ1n) is 4.59. The third kappa shape index (κ3) is 2.19. The van der Waals surface area contributed by atoms with Gasteiger partial charge >= 0.3 is 0 Å². The second kappa shape index (κ2) is 4.70. The van der Waals surface area contributed by atoms with Crippen LogP contribution < -0.4 is 5.56 Å². The van der Waals surface area contributed by atoms with Gasteiger partial charge in [-0.2, -0.15) is 5.10 Å². The van der Waals surface area contributed by atoms with Gasteiger partial charge < -0.3 is 0 Å². The van der Waals surface area contributed by atoms with Crippen LogP contribution in [0.5, 0.6) is 0 Å². The second-order valence-corrected chi connectivity index (χ2v) is 4.53. The number of hydrogen-bond donors (Lipinski definition) is 1. The lowest BCUT2D eigenvalue weighted by atomic mass is 10.1. The van der Waals surface area contributed by atoms with Gasteiger partial charge in [0.2, 0.25) is 0 Å². The normalized spacial score (nSPS) is 11.4. The highest BCUT2D eigenvalue weighted by Gasteiger charge is 2.17. The van der Waals surface area contributed by atoms with Gasteiger partial charge in [0.15, 0.2) is 0 Å². The summed E-state index contributed by atoms with van der Waals surface area (Å²) in [6.07, 6.45) is -2.73. The highest BCUT2D eigenvalue weighted by atomic mass is 79.9. The van der Waals surface area contributed by atoms with Gasteiger partial charge in [0.05, 0.1) is 17.0 Å². The minimum absolute atomic E-state index is 0.0341. The molecule has 0 unspecified atom stereocenters. The number of benzene rings is 1. The molecule has 0 spiro atoms. The van der Waals surface area contributed by atoms with Gasteiger partial charge in [0, 0.05) is 15.4 Å². The summed E-state index contributed by atoms with van der Waals surface area (Å²) in [5.74, 6) is 0.0341. The summed E-state index contributed by atoms with van der Waals surface area (Å²) in [5.41, 5.74) is -0.606. The largest absolute Gasteiger partial charge is 0.272 e. The minimum Gasteiger partial charge on any atom is -0.267 e. The number of halogens is 4. The molecule has 7 heteroatoms. The van der Waals surface area contributed by atoms with Crippen LogP contribution in [0.4, 0.5) is 8.78 Å². The van der Waals surface area contributed by atoms with E-state index in [2.05, 4.69) is 26.1 Å². The van der Waals surface area contributed by atoms with E-state index in [1.165, 1.54) is 6.07 Å². The zero-order valence-electron chi connectivity index (χ0n) is 8.31. The molecule has 0 aliphatic rings. The van der Waals surface area contributed by atoms with Crippen molar-refractivity contribution in [2.24, 2.45) is 0 Å².